The molecule has 0 bridgehead atoms. The maximum atomic E-state index is 12.2. The minimum absolute atomic E-state index is 0.0557. The molecule has 0 unspecified atom stereocenters. The molecule has 150 valence electrons. The quantitative estimate of drug-likeness (QED) is 0.734. The van der Waals surface area contributed by atoms with E-state index in [0.717, 1.165) is 42.5 Å². The predicted octanol–water partition coefficient (Wildman–Crippen LogP) is 1.43. The van der Waals surface area contributed by atoms with E-state index in [2.05, 4.69) is 15.1 Å². The van der Waals surface area contributed by atoms with Crippen LogP contribution in [0.1, 0.15) is 5.56 Å². The van der Waals surface area contributed by atoms with Gasteiger partial charge in [-0.15, -0.1) is 0 Å². The predicted molar refractivity (Wildman–Crippen MR) is 110 cm³/mol. The third-order valence-electron chi connectivity index (χ3n) is 4.65. The molecule has 1 amide bonds. The summed E-state index contributed by atoms with van der Waals surface area (Å²) in [7, 11) is -3.70. The van der Waals surface area contributed by atoms with E-state index in [0.29, 0.717) is 13.1 Å². The van der Waals surface area contributed by atoms with Crippen LogP contribution in [-0.4, -0.2) is 51.9 Å². The number of benzene rings is 2. The van der Waals surface area contributed by atoms with Crippen LogP contribution in [0.15, 0.2) is 53.4 Å². The van der Waals surface area contributed by atoms with Gasteiger partial charge in [0.05, 0.1) is 11.4 Å². The molecule has 0 aliphatic carbocycles. The van der Waals surface area contributed by atoms with Crippen molar-refractivity contribution in [2.24, 2.45) is 5.14 Å². The second-order valence-corrected chi connectivity index (χ2v) is 8.71. The molecular formula is C19H23ClN4O3S. The van der Waals surface area contributed by atoms with Gasteiger partial charge in [-0.3, -0.25) is 9.69 Å². The first-order chi connectivity index (χ1) is 13.3. The van der Waals surface area contributed by atoms with Crippen LogP contribution in [0.3, 0.4) is 0 Å². The number of nitrogens with one attached hydrogen (secondary N) is 1. The molecular weight excluding hydrogens is 400 g/mol. The lowest BCUT2D eigenvalue weighted by atomic mass is 10.2. The van der Waals surface area contributed by atoms with Gasteiger partial charge in [-0.1, -0.05) is 29.8 Å². The molecule has 0 saturated carbocycles. The first-order valence-corrected chi connectivity index (χ1v) is 10.8. The number of nitrogens with two attached hydrogens (primary N) is 1. The van der Waals surface area contributed by atoms with Crippen molar-refractivity contribution < 1.29 is 13.2 Å². The van der Waals surface area contributed by atoms with Crippen LogP contribution in [0.2, 0.25) is 5.02 Å². The molecule has 1 fully saturated rings. The van der Waals surface area contributed by atoms with Crippen LogP contribution in [0.5, 0.6) is 0 Å². The number of sulfonamides is 1. The molecule has 2 aromatic carbocycles. The monoisotopic (exact) mass is 422 g/mol. The molecule has 1 saturated heterocycles. The Kier molecular flexibility index (Phi) is 6.56. The summed E-state index contributed by atoms with van der Waals surface area (Å²) in [5.41, 5.74) is 1.91. The minimum atomic E-state index is -3.70. The van der Waals surface area contributed by atoms with E-state index in [9.17, 15) is 13.2 Å². The lowest BCUT2D eigenvalue weighted by Gasteiger charge is -2.35. The molecule has 1 aliphatic rings. The maximum absolute atomic E-state index is 12.2. The van der Waals surface area contributed by atoms with Gasteiger partial charge in [-0.25, -0.2) is 13.6 Å². The van der Waals surface area contributed by atoms with Crippen molar-refractivity contribution in [3.8, 4) is 0 Å². The van der Waals surface area contributed by atoms with E-state index in [1.54, 1.807) is 12.1 Å². The Morgan fingerprint density at radius 1 is 1.07 bits per heavy atom. The largest absolute Gasteiger partial charge is 0.369 e. The summed E-state index contributed by atoms with van der Waals surface area (Å²) in [5.74, 6) is -0.0632. The Bertz CT molecular complexity index is 926. The molecule has 1 heterocycles. The number of anilines is 1. The zero-order chi connectivity index (χ0) is 20.1. The summed E-state index contributed by atoms with van der Waals surface area (Å²) < 4.78 is 22.5. The Morgan fingerprint density at radius 2 is 1.75 bits per heavy atom. The SMILES string of the molecule is NS(=O)(=O)c1ccc(CNC(=O)CN2CCN(c3cccc(Cl)c3)CC2)cc1. The van der Waals surface area contributed by atoms with Crippen LogP contribution in [0, 0.1) is 0 Å². The Labute approximate surface area is 170 Å². The molecule has 0 aromatic heterocycles. The standard InChI is InChI=1S/C19H23ClN4O3S/c20-16-2-1-3-17(12-16)24-10-8-23(9-11-24)14-19(25)22-13-15-4-6-18(7-5-15)28(21,26)27/h1-7,12H,8-11,13-14H2,(H,22,25)(H2,21,26,27). The molecule has 28 heavy (non-hydrogen) atoms. The van der Waals surface area contributed by atoms with Crippen LogP contribution in [0.4, 0.5) is 5.69 Å². The van der Waals surface area contributed by atoms with Crippen molar-refractivity contribution in [1.29, 1.82) is 0 Å². The van der Waals surface area contributed by atoms with Gasteiger partial charge in [0.15, 0.2) is 0 Å². The van der Waals surface area contributed by atoms with Crippen molar-refractivity contribution in [2.75, 3.05) is 37.6 Å². The van der Waals surface area contributed by atoms with E-state index >= 15 is 0 Å². The smallest absolute Gasteiger partial charge is 0.238 e. The van der Waals surface area contributed by atoms with Crippen LogP contribution in [-0.2, 0) is 21.4 Å². The third-order valence-corrected chi connectivity index (χ3v) is 5.82. The Morgan fingerprint density at radius 3 is 2.36 bits per heavy atom. The summed E-state index contributed by atoms with van der Waals surface area (Å²) in [4.78, 5) is 16.6. The molecule has 9 heteroatoms. The fourth-order valence-corrected chi connectivity index (χ4v) is 3.79. The number of nitrogens with zero attached hydrogens (tertiary/aromatic N) is 2. The van der Waals surface area contributed by atoms with Gasteiger partial charge in [-0.2, -0.15) is 0 Å². The topological polar surface area (TPSA) is 95.7 Å². The van der Waals surface area contributed by atoms with E-state index in [-0.39, 0.29) is 10.8 Å². The van der Waals surface area contributed by atoms with Crippen LogP contribution >= 0.6 is 11.6 Å². The van der Waals surface area contributed by atoms with Gasteiger partial charge >= 0.3 is 0 Å². The number of carbonyl (C=O) groups is 1. The summed E-state index contributed by atoms with van der Waals surface area (Å²) in [6, 6.07) is 13.9. The third kappa shape index (κ3) is 5.68. The van der Waals surface area contributed by atoms with Crippen molar-refractivity contribution in [1.82, 2.24) is 10.2 Å². The average Bonchev–Trinajstić information content (AvgIpc) is 2.67. The molecule has 7 nitrogen and oxygen atoms in total. The summed E-state index contributed by atoms with van der Waals surface area (Å²) >= 11 is 6.05. The highest BCUT2D eigenvalue weighted by Crippen LogP contribution is 2.20. The summed E-state index contributed by atoms with van der Waals surface area (Å²) in [5, 5.41) is 8.66. The molecule has 3 N–H and O–H groups in total. The zero-order valence-electron chi connectivity index (χ0n) is 15.3. The number of hydrogen-bond donors (Lipinski definition) is 2. The Hall–Kier alpha value is -2.13. The average molecular weight is 423 g/mol. The van der Waals surface area contributed by atoms with Gasteiger partial charge in [-0.05, 0) is 35.9 Å². The zero-order valence-corrected chi connectivity index (χ0v) is 16.9. The number of piperazine rings is 1. The normalized spacial score (nSPS) is 15.4. The number of rotatable bonds is 6. The second kappa shape index (κ2) is 8.91. The van der Waals surface area contributed by atoms with Crippen molar-refractivity contribution in [3.05, 3.63) is 59.1 Å². The van der Waals surface area contributed by atoms with E-state index in [1.165, 1.54) is 12.1 Å². The van der Waals surface area contributed by atoms with Crippen LogP contribution in [0.25, 0.3) is 0 Å². The highest BCUT2D eigenvalue weighted by Gasteiger charge is 2.19. The van der Waals surface area contributed by atoms with Crippen LogP contribution < -0.4 is 15.4 Å². The second-order valence-electron chi connectivity index (χ2n) is 6.71. The molecule has 2 aromatic rings. The lowest BCUT2D eigenvalue weighted by Crippen LogP contribution is -2.49. The highest BCUT2D eigenvalue weighted by atomic mass is 35.5. The number of carbonyl (C=O) groups excluding carboxylic acids is 1. The van der Waals surface area contributed by atoms with Crippen molar-refractivity contribution in [3.63, 3.8) is 0 Å². The molecule has 0 radical (unpaired) electrons. The molecule has 0 atom stereocenters. The Balaban J connectivity index is 1.43. The first-order valence-electron chi connectivity index (χ1n) is 8.92. The number of amides is 1. The van der Waals surface area contributed by atoms with Gasteiger partial charge in [0.2, 0.25) is 15.9 Å². The highest BCUT2D eigenvalue weighted by molar-refractivity contribution is 7.89. The number of hydrogen-bond acceptors (Lipinski definition) is 5. The first kappa shape index (κ1) is 20.6. The van der Waals surface area contributed by atoms with E-state index in [1.807, 2.05) is 24.3 Å². The number of primary sulfonamides is 1. The van der Waals surface area contributed by atoms with E-state index in [4.69, 9.17) is 16.7 Å². The fourth-order valence-electron chi connectivity index (χ4n) is 3.09. The summed E-state index contributed by atoms with van der Waals surface area (Å²) in [6.45, 7) is 3.93. The maximum Gasteiger partial charge on any atom is 0.238 e. The molecule has 0 spiro atoms. The molecule has 1 aliphatic heterocycles. The van der Waals surface area contributed by atoms with Gasteiger partial charge in [0.25, 0.3) is 0 Å². The van der Waals surface area contributed by atoms with Gasteiger partial charge in [0, 0.05) is 43.4 Å². The minimum Gasteiger partial charge on any atom is -0.369 e. The van der Waals surface area contributed by atoms with Gasteiger partial charge < -0.3 is 10.2 Å². The molecule has 3 rings (SSSR count). The van der Waals surface area contributed by atoms with Crippen molar-refractivity contribution >= 4 is 33.2 Å². The number of halogens is 1. The lowest BCUT2D eigenvalue weighted by molar-refractivity contribution is -0.122. The summed E-state index contributed by atoms with van der Waals surface area (Å²) in [6.07, 6.45) is 0. The van der Waals surface area contributed by atoms with Crippen molar-refractivity contribution in [2.45, 2.75) is 11.4 Å². The van der Waals surface area contributed by atoms with E-state index < -0.39 is 10.0 Å². The fraction of sp³-hybridized carbons (Fsp3) is 0.316. The van der Waals surface area contributed by atoms with Gasteiger partial charge in [0.1, 0.15) is 0 Å².